The van der Waals surface area contributed by atoms with Gasteiger partial charge in [0, 0.05) is 38.8 Å². The third-order valence-electron chi connectivity index (χ3n) is 5.67. The van der Waals surface area contributed by atoms with Crippen LogP contribution < -0.4 is 4.90 Å². The maximum absolute atomic E-state index is 12.8. The first kappa shape index (κ1) is 17.9. The molecule has 2 saturated heterocycles. The topological polar surface area (TPSA) is 43.9 Å². The lowest BCUT2D eigenvalue weighted by atomic mass is 10.1. The van der Waals surface area contributed by atoms with Crippen molar-refractivity contribution in [3.8, 4) is 0 Å². The van der Waals surface area contributed by atoms with Crippen LogP contribution in [0.1, 0.15) is 30.4 Å². The molecule has 0 radical (unpaired) electrons. The second-order valence-corrected chi connectivity index (χ2v) is 7.43. The number of likely N-dealkylation sites (N-methyl/N-ethyl adjacent to an activating group) is 1. The quantitative estimate of drug-likeness (QED) is 0.823. The van der Waals surface area contributed by atoms with Gasteiger partial charge in [-0.05, 0) is 57.0 Å². The van der Waals surface area contributed by atoms with E-state index in [9.17, 15) is 9.59 Å². The standard InChI is InChI=1S/C20H29N3O2/c1-15-7-6-8-18(16(15)2)23-14-17(13-19(23)24)20(25)21(3)11-12-22-9-4-5-10-22/h6-8,17H,4-5,9-14H2,1-3H3. The van der Waals surface area contributed by atoms with Gasteiger partial charge in [0.25, 0.3) is 0 Å². The Morgan fingerprint density at radius 1 is 1.24 bits per heavy atom. The molecule has 2 amide bonds. The number of rotatable bonds is 5. The van der Waals surface area contributed by atoms with Gasteiger partial charge in [0.15, 0.2) is 0 Å². The molecule has 136 valence electrons. The van der Waals surface area contributed by atoms with E-state index in [0.29, 0.717) is 13.0 Å². The molecule has 3 rings (SSSR count). The van der Waals surface area contributed by atoms with Gasteiger partial charge < -0.3 is 14.7 Å². The molecule has 2 aliphatic rings. The minimum atomic E-state index is -0.226. The minimum absolute atomic E-state index is 0.0555. The van der Waals surface area contributed by atoms with Crippen molar-refractivity contribution in [1.29, 1.82) is 0 Å². The zero-order chi connectivity index (χ0) is 18.0. The van der Waals surface area contributed by atoms with Gasteiger partial charge in [-0.3, -0.25) is 9.59 Å². The summed E-state index contributed by atoms with van der Waals surface area (Å²) in [5.41, 5.74) is 3.23. The number of benzene rings is 1. The Labute approximate surface area is 150 Å². The molecule has 0 aliphatic carbocycles. The van der Waals surface area contributed by atoms with E-state index in [1.165, 1.54) is 18.4 Å². The van der Waals surface area contributed by atoms with Crippen molar-refractivity contribution in [3.05, 3.63) is 29.3 Å². The van der Waals surface area contributed by atoms with Crippen molar-refractivity contribution in [2.24, 2.45) is 5.92 Å². The monoisotopic (exact) mass is 343 g/mol. The molecule has 1 unspecified atom stereocenters. The highest BCUT2D eigenvalue weighted by molar-refractivity contribution is 6.00. The molecular formula is C20H29N3O2. The Kier molecular flexibility index (Phi) is 5.42. The summed E-state index contributed by atoms with van der Waals surface area (Å²) in [6.45, 7) is 8.55. The third kappa shape index (κ3) is 3.87. The Bertz CT molecular complexity index is 652. The summed E-state index contributed by atoms with van der Waals surface area (Å²) in [5.74, 6) is -0.0728. The van der Waals surface area contributed by atoms with Crippen LogP contribution in [0.25, 0.3) is 0 Å². The van der Waals surface area contributed by atoms with Gasteiger partial charge in [-0.25, -0.2) is 0 Å². The number of carbonyl (C=O) groups excluding carboxylic acids is 2. The van der Waals surface area contributed by atoms with Crippen LogP contribution >= 0.6 is 0 Å². The maximum Gasteiger partial charge on any atom is 0.227 e. The first-order valence-corrected chi connectivity index (χ1v) is 9.31. The van der Waals surface area contributed by atoms with Crippen molar-refractivity contribution >= 4 is 17.5 Å². The van der Waals surface area contributed by atoms with E-state index >= 15 is 0 Å². The zero-order valence-electron chi connectivity index (χ0n) is 15.6. The van der Waals surface area contributed by atoms with Crippen molar-refractivity contribution in [1.82, 2.24) is 9.80 Å². The van der Waals surface area contributed by atoms with E-state index in [1.54, 1.807) is 4.90 Å². The van der Waals surface area contributed by atoms with Crippen LogP contribution in [-0.4, -0.2) is 61.4 Å². The maximum atomic E-state index is 12.8. The van der Waals surface area contributed by atoms with Gasteiger partial charge >= 0.3 is 0 Å². The van der Waals surface area contributed by atoms with Crippen molar-refractivity contribution < 1.29 is 9.59 Å². The summed E-state index contributed by atoms with van der Waals surface area (Å²) in [4.78, 5) is 31.3. The summed E-state index contributed by atoms with van der Waals surface area (Å²) in [6.07, 6.45) is 2.85. The Morgan fingerprint density at radius 3 is 2.68 bits per heavy atom. The fourth-order valence-electron chi connectivity index (χ4n) is 3.85. The van der Waals surface area contributed by atoms with Crippen LogP contribution in [-0.2, 0) is 9.59 Å². The first-order chi connectivity index (χ1) is 12.0. The van der Waals surface area contributed by atoms with Gasteiger partial charge in [0.2, 0.25) is 11.8 Å². The lowest BCUT2D eigenvalue weighted by molar-refractivity contribution is -0.134. The Morgan fingerprint density at radius 2 is 1.96 bits per heavy atom. The Hall–Kier alpha value is -1.88. The molecule has 5 heteroatoms. The molecule has 1 aromatic carbocycles. The lowest BCUT2D eigenvalue weighted by Crippen LogP contribution is -2.39. The molecule has 2 aliphatic heterocycles. The predicted octanol–water partition coefficient (Wildman–Crippen LogP) is 2.21. The largest absolute Gasteiger partial charge is 0.344 e. The number of hydrogen-bond donors (Lipinski definition) is 0. The number of carbonyl (C=O) groups is 2. The molecule has 2 heterocycles. The highest BCUT2D eigenvalue weighted by Crippen LogP contribution is 2.30. The predicted molar refractivity (Wildman–Crippen MR) is 99.7 cm³/mol. The number of anilines is 1. The van der Waals surface area contributed by atoms with E-state index in [4.69, 9.17) is 0 Å². The highest BCUT2D eigenvalue weighted by atomic mass is 16.2. The van der Waals surface area contributed by atoms with E-state index in [-0.39, 0.29) is 17.7 Å². The average Bonchev–Trinajstić information content (AvgIpc) is 3.24. The lowest BCUT2D eigenvalue weighted by Gasteiger charge is -2.24. The normalized spacial score (nSPS) is 21.2. The molecule has 0 spiro atoms. The van der Waals surface area contributed by atoms with Crippen LogP contribution in [0.3, 0.4) is 0 Å². The molecule has 0 N–H and O–H groups in total. The zero-order valence-corrected chi connectivity index (χ0v) is 15.6. The van der Waals surface area contributed by atoms with Crippen LogP contribution in [0, 0.1) is 19.8 Å². The summed E-state index contributed by atoms with van der Waals surface area (Å²) in [6, 6.07) is 6.00. The number of aryl methyl sites for hydroxylation is 1. The highest BCUT2D eigenvalue weighted by Gasteiger charge is 2.37. The van der Waals surface area contributed by atoms with Crippen molar-refractivity contribution in [3.63, 3.8) is 0 Å². The average molecular weight is 343 g/mol. The van der Waals surface area contributed by atoms with Gasteiger partial charge in [-0.2, -0.15) is 0 Å². The second-order valence-electron chi connectivity index (χ2n) is 7.43. The van der Waals surface area contributed by atoms with Gasteiger partial charge in [-0.1, -0.05) is 12.1 Å². The fourth-order valence-corrected chi connectivity index (χ4v) is 3.85. The molecule has 0 aromatic heterocycles. The van der Waals surface area contributed by atoms with E-state index in [2.05, 4.69) is 4.90 Å². The molecule has 1 atom stereocenters. The number of hydrogen-bond acceptors (Lipinski definition) is 3. The van der Waals surface area contributed by atoms with Crippen LogP contribution in [0.2, 0.25) is 0 Å². The molecular weight excluding hydrogens is 314 g/mol. The number of nitrogens with zero attached hydrogens (tertiary/aromatic N) is 3. The van der Waals surface area contributed by atoms with Crippen LogP contribution in [0.5, 0.6) is 0 Å². The SMILES string of the molecule is Cc1cccc(N2CC(C(=O)N(C)CCN3CCCC3)CC2=O)c1C. The molecule has 0 saturated carbocycles. The summed E-state index contributed by atoms with van der Waals surface area (Å²) >= 11 is 0. The Balaban J connectivity index is 1.61. The first-order valence-electron chi connectivity index (χ1n) is 9.31. The van der Waals surface area contributed by atoms with Gasteiger partial charge in [0.1, 0.15) is 0 Å². The number of likely N-dealkylation sites (tertiary alicyclic amines) is 1. The van der Waals surface area contributed by atoms with Gasteiger partial charge in [0.05, 0.1) is 5.92 Å². The molecule has 1 aromatic rings. The molecule has 2 fully saturated rings. The summed E-state index contributed by atoms with van der Waals surface area (Å²) in [5, 5.41) is 0. The third-order valence-corrected chi connectivity index (χ3v) is 5.67. The molecule has 0 bridgehead atoms. The molecule has 5 nitrogen and oxygen atoms in total. The van der Waals surface area contributed by atoms with Crippen molar-refractivity contribution in [2.75, 3.05) is 44.7 Å². The van der Waals surface area contributed by atoms with Crippen LogP contribution in [0.4, 0.5) is 5.69 Å². The van der Waals surface area contributed by atoms with Crippen LogP contribution in [0.15, 0.2) is 18.2 Å². The summed E-state index contributed by atoms with van der Waals surface area (Å²) in [7, 11) is 1.86. The molecule has 25 heavy (non-hydrogen) atoms. The van der Waals surface area contributed by atoms with E-state index < -0.39 is 0 Å². The van der Waals surface area contributed by atoms with E-state index in [1.807, 2.05) is 44.0 Å². The van der Waals surface area contributed by atoms with E-state index in [0.717, 1.165) is 37.4 Å². The minimum Gasteiger partial charge on any atom is -0.344 e. The second kappa shape index (κ2) is 7.56. The van der Waals surface area contributed by atoms with Gasteiger partial charge in [-0.15, -0.1) is 0 Å². The number of amides is 2. The fraction of sp³-hybridized carbons (Fsp3) is 0.600. The summed E-state index contributed by atoms with van der Waals surface area (Å²) < 4.78 is 0. The van der Waals surface area contributed by atoms with Crippen molar-refractivity contribution in [2.45, 2.75) is 33.1 Å². The smallest absolute Gasteiger partial charge is 0.227 e.